The molecule has 0 aromatic heterocycles. The van der Waals surface area contributed by atoms with Gasteiger partial charge in [0.25, 0.3) is 0 Å². The number of hydrogen-bond donors (Lipinski definition) is 0. The van der Waals surface area contributed by atoms with Gasteiger partial charge in [-0.25, -0.2) is 0 Å². The fourth-order valence-corrected chi connectivity index (χ4v) is 3.73. The Morgan fingerprint density at radius 3 is 2.04 bits per heavy atom. The van der Waals surface area contributed by atoms with Crippen LogP contribution in [0.5, 0.6) is 0 Å². The molecule has 24 heavy (non-hydrogen) atoms. The number of carbonyl (C=O) groups excluding carboxylic acids is 1. The Kier molecular flexibility index (Phi) is 4.73. The number of methoxy groups -OCH3 is 1. The number of benzene rings is 2. The predicted molar refractivity (Wildman–Crippen MR) is 98.6 cm³/mol. The van der Waals surface area contributed by atoms with E-state index >= 15 is 0 Å². The third-order valence-corrected chi connectivity index (χ3v) is 5.57. The summed E-state index contributed by atoms with van der Waals surface area (Å²) in [6.07, 6.45) is 0.910. The Balaban J connectivity index is 1.64. The van der Waals surface area contributed by atoms with Crippen molar-refractivity contribution in [1.29, 1.82) is 0 Å². The Hall–Kier alpha value is -1.74. The molecule has 2 aromatic carbocycles. The second-order valence-electron chi connectivity index (χ2n) is 7.42. The summed E-state index contributed by atoms with van der Waals surface area (Å²) in [5.74, 6) is 0.304. The van der Waals surface area contributed by atoms with E-state index in [2.05, 4.69) is 69.3 Å². The largest absolute Gasteiger partial charge is 0.469 e. The van der Waals surface area contributed by atoms with E-state index in [1.165, 1.54) is 28.0 Å². The van der Waals surface area contributed by atoms with Gasteiger partial charge in [0.05, 0.1) is 13.0 Å². The van der Waals surface area contributed by atoms with Crippen LogP contribution >= 0.6 is 11.8 Å². The molecule has 3 heteroatoms. The topological polar surface area (TPSA) is 26.3 Å². The zero-order valence-corrected chi connectivity index (χ0v) is 15.5. The third kappa shape index (κ3) is 3.84. The summed E-state index contributed by atoms with van der Waals surface area (Å²) in [6.45, 7) is 6.69. The van der Waals surface area contributed by atoms with Gasteiger partial charge in [-0.2, -0.15) is 0 Å². The standard InChI is InChI=1S/C21H24O2S/c1-21(2,3)15-7-11-17(12-8-15)24-16-9-5-14(6-10-16)18-13-19(18)20(22)23-4/h5-12,18-19H,13H2,1-4H3. The molecule has 2 unspecified atom stereocenters. The van der Waals surface area contributed by atoms with Crippen LogP contribution in [0.15, 0.2) is 58.3 Å². The number of carbonyl (C=O) groups is 1. The van der Waals surface area contributed by atoms with Crippen molar-refractivity contribution in [3.8, 4) is 0 Å². The fourth-order valence-electron chi connectivity index (χ4n) is 2.92. The van der Waals surface area contributed by atoms with Crippen LogP contribution in [-0.4, -0.2) is 13.1 Å². The smallest absolute Gasteiger partial charge is 0.309 e. The molecular formula is C21H24O2S. The van der Waals surface area contributed by atoms with Crippen LogP contribution in [0.2, 0.25) is 0 Å². The maximum atomic E-state index is 11.5. The zero-order valence-electron chi connectivity index (χ0n) is 14.7. The minimum absolute atomic E-state index is 0.0541. The Bertz CT molecular complexity index is 711. The maximum Gasteiger partial charge on any atom is 0.309 e. The van der Waals surface area contributed by atoms with Crippen molar-refractivity contribution in [3.63, 3.8) is 0 Å². The average Bonchev–Trinajstić information content (AvgIpc) is 3.35. The molecule has 0 N–H and O–H groups in total. The van der Waals surface area contributed by atoms with Crippen molar-refractivity contribution in [1.82, 2.24) is 0 Å². The van der Waals surface area contributed by atoms with Gasteiger partial charge in [0.15, 0.2) is 0 Å². The van der Waals surface area contributed by atoms with Gasteiger partial charge in [-0.15, -0.1) is 0 Å². The van der Waals surface area contributed by atoms with E-state index in [0.717, 1.165) is 6.42 Å². The van der Waals surface area contributed by atoms with Crippen molar-refractivity contribution >= 4 is 17.7 Å². The Morgan fingerprint density at radius 2 is 1.54 bits per heavy atom. The summed E-state index contributed by atoms with van der Waals surface area (Å²) in [6, 6.07) is 17.4. The SMILES string of the molecule is COC(=O)C1CC1c1ccc(Sc2ccc(C(C)(C)C)cc2)cc1. The van der Waals surface area contributed by atoms with Crippen LogP contribution in [0.25, 0.3) is 0 Å². The minimum Gasteiger partial charge on any atom is -0.469 e. The van der Waals surface area contributed by atoms with Gasteiger partial charge < -0.3 is 4.74 Å². The Labute approximate surface area is 148 Å². The molecule has 2 atom stereocenters. The quantitative estimate of drug-likeness (QED) is 0.696. The number of esters is 1. The molecule has 2 nitrogen and oxygen atoms in total. The van der Waals surface area contributed by atoms with Crippen molar-refractivity contribution in [2.75, 3.05) is 7.11 Å². The summed E-state index contributed by atoms with van der Waals surface area (Å²) >= 11 is 1.77. The van der Waals surface area contributed by atoms with Gasteiger partial charge >= 0.3 is 5.97 Å². The lowest BCUT2D eigenvalue weighted by Crippen LogP contribution is -2.10. The van der Waals surface area contributed by atoms with E-state index in [1.807, 2.05) is 0 Å². The summed E-state index contributed by atoms with van der Waals surface area (Å²) in [5, 5.41) is 0. The Morgan fingerprint density at radius 1 is 1.00 bits per heavy atom. The van der Waals surface area contributed by atoms with Crippen LogP contribution in [0, 0.1) is 5.92 Å². The van der Waals surface area contributed by atoms with Gasteiger partial charge in [0.2, 0.25) is 0 Å². The monoisotopic (exact) mass is 340 g/mol. The highest BCUT2D eigenvalue weighted by atomic mass is 32.2. The molecule has 0 bridgehead atoms. The van der Waals surface area contributed by atoms with Gasteiger partial charge in [-0.3, -0.25) is 4.79 Å². The molecule has 126 valence electrons. The van der Waals surface area contributed by atoms with Crippen LogP contribution < -0.4 is 0 Å². The van der Waals surface area contributed by atoms with Gasteiger partial charge in [0, 0.05) is 9.79 Å². The van der Waals surface area contributed by atoms with Crippen LogP contribution in [0.1, 0.15) is 44.2 Å². The average molecular weight is 340 g/mol. The summed E-state index contributed by atoms with van der Waals surface area (Å²) < 4.78 is 4.82. The lowest BCUT2D eigenvalue weighted by atomic mass is 9.87. The third-order valence-electron chi connectivity index (χ3n) is 4.56. The minimum atomic E-state index is -0.0858. The lowest BCUT2D eigenvalue weighted by molar-refractivity contribution is -0.142. The molecule has 0 aliphatic heterocycles. The molecule has 0 heterocycles. The summed E-state index contributed by atoms with van der Waals surface area (Å²) in [5.41, 5.74) is 2.77. The van der Waals surface area contributed by atoms with Crippen molar-refractivity contribution < 1.29 is 9.53 Å². The fraction of sp³-hybridized carbons (Fsp3) is 0.381. The van der Waals surface area contributed by atoms with Crippen molar-refractivity contribution in [2.45, 2.75) is 48.3 Å². The van der Waals surface area contributed by atoms with Crippen molar-refractivity contribution in [3.05, 3.63) is 59.7 Å². The first-order valence-electron chi connectivity index (χ1n) is 8.34. The number of ether oxygens (including phenoxy) is 1. The van der Waals surface area contributed by atoms with E-state index in [9.17, 15) is 4.79 Å². The number of rotatable bonds is 4. The molecule has 1 aliphatic carbocycles. The first-order chi connectivity index (χ1) is 11.4. The van der Waals surface area contributed by atoms with Crippen LogP contribution in [0.3, 0.4) is 0 Å². The normalized spacial score (nSPS) is 19.8. The highest BCUT2D eigenvalue weighted by molar-refractivity contribution is 7.99. The molecule has 2 aromatic rings. The van der Waals surface area contributed by atoms with Crippen LogP contribution in [-0.2, 0) is 14.9 Å². The van der Waals surface area contributed by atoms with E-state index in [0.29, 0.717) is 5.92 Å². The lowest BCUT2D eigenvalue weighted by Gasteiger charge is -2.19. The highest BCUT2D eigenvalue weighted by Crippen LogP contribution is 2.48. The van der Waals surface area contributed by atoms with E-state index in [-0.39, 0.29) is 17.3 Å². The molecular weight excluding hydrogens is 316 g/mol. The molecule has 0 saturated heterocycles. The molecule has 0 spiro atoms. The van der Waals surface area contributed by atoms with E-state index < -0.39 is 0 Å². The molecule has 1 saturated carbocycles. The van der Waals surface area contributed by atoms with E-state index in [4.69, 9.17) is 4.74 Å². The van der Waals surface area contributed by atoms with Crippen LogP contribution in [0.4, 0.5) is 0 Å². The molecule has 3 rings (SSSR count). The first-order valence-corrected chi connectivity index (χ1v) is 9.16. The molecule has 0 amide bonds. The predicted octanol–water partition coefficient (Wildman–Crippen LogP) is 5.41. The van der Waals surface area contributed by atoms with Gasteiger partial charge in [0.1, 0.15) is 0 Å². The second-order valence-corrected chi connectivity index (χ2v) is 8.56. The zero-order chi connectivity index (χ0) is 17.3. The molecule has 0 radical (unpaired) electrons. The molecule has 1 aliphatic rings. The van der Waals surface area contributed by atoms with Crippen molar-refractivity contribution in [2.24, 2.45) is 5.92 Å². The maximum absolute atomic E-state index is 11.5. The van der Waals surface area contributed by atoms with E-state index in [1.54, 1.807) is 11.8 Å². The second kappa shape index (κ2) is 6.64. The number of hydrogen-bond acceptors (Lipinski definition) is 3. The molecule has 1 fully saturated rings. The summed E-state index contributed by atoms with van der Waals surface area (Å²) in [4.78, 5) is 14.0. The van der Waals surface area contributed by atoms with Gasteiger partial charge in [-0.1, -0.05) is 56.8 Å². The first kappa shape index (κ1) is 17.1. The highest BCUT2D eigenvalue weighted by Gasteiger charge is 2.44. The van der Waals surface area contributed by atoms with Gasteiger partial charge in [-0.05, 0) is 53.1 Å². The summed E-state index contributed by atoms with van der Waals surface area (Å²) in [7, 11) is 1.46.